The molecule has 4 aromatic rings. The van der Waals surface area contributed by atoms with E-state index in [1.54, 1.807) is 36.9 Å². The highest BCUT2D eigenvalue weighted by Crippen LogP contribution is 2.48. The Morgan fingerprint density at radius 1 is 0.949 bits per heavy atom. The number of ketones is 1. The fourth-order valence-corrected chi connectivity index (χ4v) is 6.94. The van der Waals surface area contributed by atoms with Gasteiger partial charge in [0.25, 0.3) is 0 Å². The van der Waals surface area contributed by atoms with Gasteiger partial charge >= 0.3 is 0 Å². The van der Waals surface area contributed by atoms with Crippen molar-refractivity contribution in [1.29, 1.82) is 0 Å². The van der Waals surface area contributed by atoms with Crippen LogP contribution in [0.25, 0.3) is 10.8 Å². The maximum Gasteiger partial charge on any atom is 0.185 e. The first-order chi connectivity index (χ1) is 18.9. The van der Waals surface area contributed by atoms with Gasteiger partial charge in [-0.15, -0.1) is 0 Å². The molecule has 9 heteroatoms. The second-order valence-electron chi connectivity index (χ2n) is 10.6. The van der Waals surface area contributed by atoms with Gasteiger partial charge in [-0.05, 0) is 79.1 Å². The Balaban J connectivity index is 1.07. The molecule has 0 bridgehead atoms. The van der Waals surface area contributed by atoms with Crippen LogP contribution in [-0.2, 0) is 26.8 Å². The molecule has 0 amide bonds. The number of benzene rings is 2. The first kappa shape index (κ1) is 26.0. The largest absolute Gasteiger partial charge is 0.317 e. The van der Waals surface area contributed by atoms with Crippen molar-refractivity contribution in [2.75, 3.05) is 13.1 Å². The van der Waals surface area contributed by atoms with Crippen LogP contribution >= 0.6 is 11.6 Å². The van der Waals surface area contributed by atoms with Crippen molar-refractivity contribution in [3.05, 3.63) is 94.8 Å². The van der Waals surface area contributed by atoms with Crippen LogP contribution in [0.2, 0.25) is 5.02 Å². The fourth-order valence-electron chi connectivity index (χ4n) is 5.52. The quantitative estimate of drug-likeness (QED) is 0.322. The number of carbonyl (C=O) groups excluding carboxylic acids is 1. The summed E-state index contributed by atoms with van der Waals surface area (Å²) in [7, 11) is -3.58. The molecule has 2 aliphatic rings. The molecular weight excluding hydrogens is 532 g/mol. The van der Waals surface area contributed by atoms with E-state index in [-0.39, 0.29) is 28.3 Å². The molecule has 1 N–H and O–H groups in total. The van der Waals surface area contributed by atoms with Gasteiger partial charge in [0, 0.05) is 47.9 Å². The normalized spacial score (nSPS) is 19.7. The maximum atomic E-state index is 13.0. The molecule has 0 spiro atoms. The van der Waals surface area contributed by atoms with Gasteiger partial charge in [0.05, 0.1) is 9.92 Å². The number of carbonyl (C=O) groups is 1. The first-order valence-electron chi connectivity index (χ1n) is 13.3. The highest BCUT2D eigenvalue weighted by molar-refractivity contribution is 7.90. The predicted molar refractivity (Wildman–Crippen MR) is 151 cm³/mol. The summed E-state index contributed by atoms with van der Waals surface area (Å²) < 4.78 is 26.0. The molecule has 1 aliphatic heterocycles. The Hall–Kier alpha value is -3.20. The van der Waals surface area contributed by atoms with E-state index in [4.69, 9.17) is 11.6 Å². The Morgan fingerprint density at radius 3 is 2.44 bits per heavy atom. The van der Waals surface area contributed by atoms with Crippen molar-refractivity contribution < 1.29 is 13.2 Å². The summed E-state index contributed by atoms with van der Waals surface area (Å²) in [6.45, 7) is 1.95. The van der Waals surface area contributed by atoms with E-state index >= 15 is 0 Å². The highest BCUT2D eigenvalue weighted by atomic mass is 35.5. The molecule has 6 rings (SSSR count). The number of rotatable bonds is 8. The molecule has 0 radical (unpaired) electrons. The van der Waals surface area contributed by atoms with Crippen molar-refractivity contribution in [1.82, 2.24) is 20.3 Å². The number of hydrogen-bond acceptors (Lipinski definition) is 7. The van der Waals surface area contributed by atoms with Crippen LogP contribution in [0.1, 0.15) is 53.6 Å². The first-order valence-corrected chi connectivity index (χ1v) is 15.3. The Morgan fingerprint density at radius 2 is 1.69 bits per heavy atom. The number of halogens is 1. The number of nitrogens with zero attached hydrogens (tertiary/aromatic N) is 3. The second-order valence-corrected chi connectivity index (χ2v) is 13.0. The van der Waals surface area contributed by atoms with Crippen LogP contribution < -0.4 is 5.32 Å². The molecule has 2 aromatic heterocycles. The van der Waals surface area contributed by atoms with E-state index < -0.39 is 9.84 Å². The number of Topliss-reactive ketones (excluding diaryl/α,β-unsaturated/α-hetero) is 1. The molecule has 7 nitrogen and oxygen atoms in total. The topological polar surface area (TPSA) is 102 Å². The Kier molecular flexibility index (Phi) is 7.18. The van der Waals surface area contributed by atoms with Crippen molar-refractivity contribution in [2.45, 2.75) is 48.2 Å². The summed E-state index contributed by atoms with van der Waals surface area (Å²) in [6.07, 6.45) is 10.1. The molecule has 2 atom stereocenters. The minimum absolute atomic E-state index is 0.0528. The summed E-state index contributed by atoms with van der Waals surface area (Å²) in [5.74, 6) is 0.736. The van der Waals surface area contributed by atoms with E-state index in [1.807, 2.05) is 30.3 Å². The zero-order valence-electron chi connectivity index (χ0n) is 21.4. The van der Waals surface area contributed by atoms with Gasteiger partial charge in [0.15, 0.2) is 9.84 Å². The van der Waals surface area contributed by atoms with Gasteiger partial charge < -0.3 is 5.32 Å². The molecule has 2 aromatic carbocycles. The molecule has 2 fully saturated rings. The third-order valence-corrected chi connectivity index (χ3v) is 9.81. The molecule has 200 valence electrons. The van der Waals surface area contributed by atoms with Gasteiger partial charge in [-0.2, -0.15) is 0 Å². The zero-order chi connectivity index (χ0) is 27.0. The fraction of sp³-hybridized carbons (Fsp3) is 0.333. The lowest BCUT2D eigenvalue weighted by Gasteiger charge is -2.22. The third-order valence-electron chi connectivity index (χ3n) is 7.88. The van der Waals surface area contributed by atoms with Gasteiger partial charge in [-0.25, -0.2) is 18.4 Å². The lowest BCUT2D eigenvalue weighted by molar-refractivity contribution is -0.119. The number of pyridine rings is 1. The predicted octanol–water partition coefficient (Wildman–Crippen LogP) is 5.03. The second kappa shape index (κ2) is 10.8. The highest BCUT2D eigenvalue weighted by Gasteiger charge is 2.43. The van der Waals surface area contributed by atoms with Crippen molar-refractivity contribution in [3.63, 3.8) is 0 Å². The number of sulfone groups is 1. The van der Waals surface area contributed by atoms with Gasteiger partial charge in [0.1, 0.15) is 17.4 Å². The molecule has 3 heterocycles. The lowest BCUT2D eigenvalue weighted by atomic mass is 9.92. The Labute approximate surface area is 233 Å². The minimum atomic E-state index is -3.58. The van der Waals surface area contributed by atoms with Crippen molar-refractivity contribution in [2.24, 2.45) is 5.92 Å². The average Bonchev–Trinajstić information content (AvgIpc) is 3.76. The number of piperidine rings is 1. The molecule has 39 heavy (non-hydrogen) atoms. The summed E-state index contributed by atoms with van der Waals surface area (Å²) >= 11 is 6.27. The van der Waals surface area contributed by atoms with Crippen molar-refractivity contribution in [3.8, 4) is 0 Å². The van der Waals surface area contributed by atoms with Crippen LogP contribution in [0, 0.1) is 5.92 Å². The number of fused-ring (bicyclic) bond motifs is 1. The van der Waals surface area contributed by atoms with Crippen LogP contribution in [-0.4, -0.2) is 42.2 Å². The van der Waals surface area contributed by atoms with Gasteiger partial charge in [-0.1, -0.05) is 35.9 Å². The summed E-state index contributed by atoms with van der Waals surface area (Å²) in [5, 5.41) is 5.75. The van der Waals surface area contributed by atoms with E-state index in [0.29, 0.717) is 23.2 Å². The number of nitrogens with one attached hydrogen (secondary N) is 1. The Bertz CT molecular complexity index is 1620. The van der Waals surface area contributed by atoms with Crippen LogP contribution in [0.15, 0.2) is 72.1 Å². The summed E-state index contributed by atoms with van der Waals surface area (Å²) in [4.78, 5) is 26.0. The molecule has 1 aliphatic carbocycles. The number of hydrogen-bond donors (Lipinski definition) is 1. The summed E-state index contributed by atoms with van der Waals surface area (Å²) in [5.41, 5.74) is 2.98. The van der Waals surface area contributed by atoms with Crippen LogP contribution in [0.5, 0.6) is 0 Å². The maximum absolute atomic E-state index is 13.0. The summed E-state index contributed by atoms with van der Waals surface area (Å²) in [6, 6.07) is 12.8. The standard InChI is InChI=1S/C30H29ClN4O3S/c31-28-17-33-14-22-2-1-19(11-26(22)28)12-29(36)27-13-25(27)21-3-5-24(6-4-21)39(37,38)18-30-34-15-23(16-35-30)20-7-9-32-10-8-20/h1-6,11,14-17,20,25,27,32H,7-10,12-13,18H2/t25-,27+/m0/s1. The number of aromatic nitrogens is 3. The van der Waals surface area contributed by atoms with Crippen LogP contribution in [0.4, 0.5) is 0 Å². The van der Waals surface area contributed by atoms with Gasteiger partial charge in [-0.3, -0.25) is 9.78 Å². The average molecular weight is 561 g/mol. The van der Waals surface area contributed by atoms with E-state index in [2.05, 4.69) is 20.3 Å². The molecule has 1 saturated carbocycles. The van der Waals surface area contributed by atoms with Crippen molar-refractivity contribution >= 4 is 38.0 Å². The van der Waals surface area contributed by atoms with Gasteiger partial charge in [0.2, 0.25) is 0 Å². The van der Waals surface area contributed by atoms with E-state index in [0.717, 1.165) is 59.8 Å². The van der Waals surface area contributed by atoms with E-state index in [9.17, 15) is 13.2 Å². The van der Waals surface area contributed by atoms with E-state index in [1.165, 1.54) is 0 Å². The molecule has 1 saturated heterocycles. The third kappa shape index (κ3) is 5.73. The minimum Gasteiger partial charge on any atom is -0.317 e. The SMILES string of the molecule is O=C(Cc1ccc2cncc(Cl)c2c1)[C@@H]1C[C@H]1c1ccc(S(=O)(=O)Cc2ncc(C3CCNCC3)cn2)cc1. The lowest BCUT2D eigenvalue weighted by Crippen LogP contribution is -2.26. The monoisotopic (exact) mass is 560 g/mol. The molecule has 0 unspecified atom stereocenters. The smallest absolute Gasteiger partial charge is 0.185 e. The molecular formula is C30H29ClN4O3S. The van der Waals surface area contributed by atoms with Crippen LogP contribution in [0.3, 0.4) is 0 Å². The zero-order valence-corrected chi connectivity index (χ0v) is 23.0.